The van der Waals surface area contributed by atoms with Gasteiger partial charge < -0.3 is 10.6 Å². The molecule has 1 aromatic carbocycles. The summed E-state index contributed by atoms with van der Waals surface area (Å²) < 4.78 is 1.51. The Kier molecular flexibility index (Phi) is 7.10. The molecule has 9 heteroatoms. The fourth-order valence-corrected chi connectivity index (χ4v) is 5.41. The molecule has 2 aromatic rings. The van der Waals surface area contributed by atoms with Crippen molar-refractivity contribution in [3.05, 3.63) is 47.5 Å². The standard InChI is InChI=1S/C23H31ClN6O2/c24-19-8-6-17(7-9-19)14-20(25)21(31)29-12-10-23(11-13-29,18-4-2-1-3-5-18)22(32)28-30-15-26-27-16-30/h6-9,15-16,18,20H,1-5,10-14,25H2,(H,28,32). The summed E-state index contributed by atoms with van der Waals surface area (Å²) in [6.45, 7) is 1.08. The van der Waals surface area contributed by atoms with E-state index in [9.17, 15) is 9.59 Å². The van der Waals surface area contributed by atoms with Crippen LogP contribution in [0.1, 0.15) is 50.5 Å². The van der Waals surface area contributed by atoms with Gasteiger partial charge in [-0.15, -0.1) is 10.2 Å². The number of amides is 2. The van der Waals surface area contributed by atoms with Gasteiger partial charge in [0, 0.05) is 18.1 Å². The van der Waals surface area contributed by atoms with Crippen molar-refractivity contribution in [3.8, 4) is 0 Å². The molecule has 2 heterocycles. The Morgan fingerprint density at radius 1 is 1.09 bits per heavy atom. The van der Waals surface area contributed by atoms with Crippen LogP contribution < -0.4 is 11.2 Å². The highest BCUT2D eigenvalue weighted by Gasteiger charge is 2.48. The van der Waals surface area contributed by atoms with Gasteiger partial charge in [-0.2, -0.15) is 0 Å². The summed E-state index contributed by atoms with van der Waals surface area (Å²) in [5.41, 5.74) is 9.70. The van der Waals surface area contributed by atoms with E-state index in [1.807, 2.05) is 29.2 Å². The number of hydrogen-bond acceptors (Lipinski definition) is 5. The van der Waals surface area contributed by atoms with E-state index in [1.54, 1.807) is 0 Å². The van der Waals surface area contributed by atoms with Gasteiger partial charge in [0.25, 0.3) is 0 Å². The number of carbonyl (C=O) groups excluding carboxylic acids is 2. The third-order valence-electron chi connectivity index (χ3n) is 7.14. The number of piperidine rings is 1. The first-order chi connectivity index (χ1) is 15.5. The van der Waals surface area contributed by atoms with Crippen molar-refractivity contribution in [2.75, 3.05) is 18.5 Å². The average molecular weight is 459 g/mol. The average Bonchev–Trinajstić information content (AvgIpc) is 3.33. The smallest absolute Gasteiger partial charge is 0.245 e. The first kappa shape index (κ1) is 22.7. The van der Waals surface area contributed by atoms with Crippen molar-refractivity contribution in [2.45, 2.75) is 57.4 Å². The zero-order chi connectivity index (χ0) is 22.6. The summed E-state index contributed by atoms with van der Waals surface area (Å²) in [7, 11) is 0. The lowest BCUT2D eigenvalue weighted by molar-refractivity contribution is -0.142. The number of likely N-dealkylation sites (tertiary alicyclic amines) is 1. The van der Waals surface area contributed by atoms with Crippen LogP contribution in [-0.4, -0.2) is 50.7 Å². The minimum atomic E-state index is -0.607. The fourth-order valence-electron chi connectivity index (χ4n) is 5.29. The first-order valence-electron chi connectivity index (χ1n) is 11.4. The molecule has 1 aliphatic carbocycles. The molecule has 0 bridgehead atoms. The first-order valence-corrected chi connectivity index (χ1v) is 11.8. The molecule has 1 saturated heterocycles. The summed E-state index contributed by atoms with van der Waals surface area (Å²) in [6, 6.07) is 6.80. The normalized spacial score (nSPS) is 20.0. The number of halogens is 1. The van der Waals surface area contributed by atoms with Crippen LogP contribution in [0.5, 0.6) is 0 Å². The van der Waals surface area contributed by atoms with Gasteiger partial charge in [0.1, 0.15) is 12.7 Å². The lowest BCUT2D eigenvalue weighted by atomic mass is 9.63. The Morgan fingerprint density at radius 2 is 1.72 bits per heavy atom. The van der Waals surface area contributed by atoms with Crippen LogP contribution in [0.15, 0.2) is 36.9 Å². The van der Waals surface area contributed by atoms with Gasteiger partial charge >= 0.3 is 0 Å². The molecule has 0 spiro atoms. The topological polar surface area (TPSA) is 106 Å². The van der Waals surface area contributed by atoms with Gasteiger partial charge in [-0.1, -0.05) is 43.0 Å². The Morgan fingerprint density at radius 3 is 2.34 bits per heavy atom. The summed E-state index contributed by atoms with van der Waals surface area (Å²) in [5, 5.41) is 8.21. The van der Waals surface area contributed by atoms with Crippen LogP contribution in [0.3, 0.4) is 0 Å². The number of aromatic nitrogens is 3. The van der Waals surface area contributed by atoms with Crippen molar-refractivity contribution in [3.63, 3.8) is 0 Å². The third kappa shape index (κ3) is 4.96. The van der Waals surface area contributed by atoms with Gasteiger partial charge in [-0.3, -0.25) is 15.0 Å². The van der Waals surface area contributed by atoms with Gasteiger partial charge in [0.2, 0.25) is 11.8 Å². The van der Waals surface area contributed by atoms with Gasteiger partial charge in [0.05, 0.1) is 11.5 Å². The van der Waals surface area contributed by atoms with E-state index >= 15 is 0 Å². The number of nitrogens with one attached hydrogen (secondary N) is 1. The maximum Gasteiger partial charge on any atom is 0.245 e. The molecule has 1 aromatic heterocycles. The number of benzene rings is 1. The number of nitrogens with two attached hydrogens (primary N) is 1. The van der Waals surface area contributed by atoms with Gasteiger partial charge in [-0.25, -0.2) is 4.68 Å². The maximum absolute atomic E-state index is 13.4. The molecule has 8 nitrogen and oxygen atoms in total. The molecule has 2 fully saturated rings. The van der Waals surface area contributed by atoms with Gasteiger partial charge in [-0.05, 0) is 55.7 Å². The second-order valence-electron chi connectivity index (χ2n) is 9.06. The van der Waals surface area contributed by atoms with Gasteiger partial charge in [0.15, 0.2) is 0 Å². The summed E-state index contributed by atoms with van der Waals surface area (Å²) >= 11 is 5.95. The highest BCUT2D eigenvalue weighted by atomic mass is 35.5. The molecular weight excluding hydrogens is 428 g/mol. The quantitative estimate of drug-likeness (QED) is 0.692. The van der Waals surface area contributed by atoms with E-state index in [4.69, 9.17) is 17.3 Å². The Balaban J connectivity index is 1.42. The zero-order valence-corrected chi connectivity index (χ0v) is 19.0. The summed E-state index contributed by atoms with van der Waals surface area (Å²) in [6.07, 6.45) is 10.4. The van der Waals surface area contributed by atoms with Crippen molar-refractivity contribution < 1.29 is 9.59 Å². The lowest BCUT2D eigenvalue weighted by Gasteiger charge is -2.46. The molecule has 1 saturated carbocycles. The van der Waals surface area contributed by atoms with Crippen LogP contribution in [0.2, 0.25) is 5.02 Å². The number of hydrogen-bond donors (Lipinski definition) is 2. The predicted molar refractivity (Wildman–Crippen MR) is 122 cm³/mol. The predicted octanol–water partition coefficient (Wildman–Crippen LogP) is 2.76. The third-order valence-corrected chi connectivity index (χ3v) is 7.39. The van der Waals surface area contributed by atoms with E-state index in [-0.39, 0.29) is 11.8 Å². The van der Waals surface area contributed by atoms with E-state index in [2.05, 4.69) is 15.6 Å². The number of nitrogens with zero attached hydrogens (tertiary/aromatic N) is 4. The monoisotopic (exact) mass is 458 g/mol. The molecule has 2 aliphatic rings. The molecule has 1 atom stereocenters. The largest absolute Gasteiger partial charge is 0.341 e. The Hall–Kier alpha value is -2.45. The van der Waals surface area contributed by atoms with E-state index in [0.717, 1.165) is 31.2 Å². The molecule has 172 valence electrons. The number of carbonyl (C=O) groups is 2. The highest BCUT2D eigenvalue weighted by Crippen LogP contribution is 2.46. The van der Waals surface area contributed by atoms with Crippen molar-refractivity contribution in [1.82, 2.24) is 19.8 Å². The zero-order valence-electron chi connectivity index (χ0n) is 18.3. The van der Waals surface area contributed by atoms with Crippen LogP contribution in [0.25, 0.3) is 0 Å². The molecule has 4 rings (SSSR count). The molecule has 1 aliphatic heterocycles. The molecule has 0 radical (unpaired) electrons. The van der Waals surface area contributed by atoms with Crippen molar-refractivity contribution in [2.24, 2.45) is 17.1 Å². The number of rotatable bonds is 6. The minimum absolute atomic E-state index is 0.00163. The molecule has 2 amide bonds. The molecule has 3 N–H and O–H groups in total. The lowest BCUT2D eigenvalue weighted by Crippen LogP contribution is -2.55. The second kappa shape index (κ2) is 10.0. The fraction of sp³-hybridized carbons (Fsp3) is 0.565. The van der Waals surface area contributed by atoms with Crippen LogP contribution in [0.4, 0.5) is 0 Å². The molecule has 1 unspecified atom stereocenters. The highest BCUT2D eigenvalue weighted by molar-refractivity contribution is 6.30. The second-order valence-corrected chi connectivity index (χ2v) is 9.50. The van der Waals surface area contributed by atoms with E-state index in [1.165, 1.54) is 23.8 Å². The Bertz CT molecular complexity index is 903. The SMILES string of the molecule is NC(Cc1ccc(Cl)cc1)C(=O)N1CCC(C(=O)Nn2cnnc2)(C2CCCCC2)CC1. The molecule has 32 heavy (non-hydrogen) atoms. The van der Waals surface area contributed by atoms with Crippen LogP contribution >= 0.6 is 11.6 Å². The molecular formula is C23H31ClN6O2. The van der Waals surface area contributed by atoms with Crippen molar-refractivity contribution >= 4 is 23.4 Å². The van der Waals surface area contributed by atoms with E-state index in [0.29, 0.717) is 43.3 Å². The van der Waals surface area contributed by atoms with E-state index < -0.39 is 11.5 Å². The van der Waals surface area contributed by atoms with Crippen LogP contribution in [-0.2, 0) is 16.0 Å². The summed E-state index contributed by atoms with van der Waals surface area (Å²) in [5.74, 6) is 0.269. The van der Waals surface area contributed by atoms with Crippen molar-refractivity contribution in [1.29, 1.82) is 0 Å². The maximum atomic E-state index is 13.4. The Labute approximate surface area is 193 Å². The summed E-state index contributed by atoms with van der Waals surface area (Å²) in [4.78, 5) is 28.3. The minimum Gasteiger partial charge on any atom is -0.341 e. The van der Waals surface area contributed by atoms with Crippen LogP contribution in [0, 0.1) is 11.3 Å².